The van der Waals surface area contributed by atoms with Crippen molar-refractivity contribution in [1.82, 2.24) is 20.2 Å². The first-order valence-electron chi connectivity index (χ1n) is 6.03. The van der Waals surface area contributed by atoms with Crippen molar-refractivity contribution < 1.29 is 9.90 Å². The summed E-state index contributed by atoms with van der Waals surface area (Å²) >= 11 is 0. The zero-order valence-electron chi connectivity index (χ0n) is 10.6. The average Bonchev–Trinajstić information content (AvgIpc) is 2.77. The molecule has 1 saturated heterocycles. The van der Waals surface area contributed by atoms with E-state index in [0.29, 0.717) is 11.7 Å². The number of rotatable bonds is 4. The minimum Gasteiger partial charge on any atom is -0.480 e. The lowest BCUT2D eigenvalue weighted by Crippen LogP contribution is -2.27. The first-order valence-corrected chi connectivity index (χ1v) is 6.03. The van der Waals surface area contributed by atoms with E-state index in [9.17, 15) is 4.79 Å². The SMILES string of the molecule is CNC(C(=O)O)c1nccc(C2CCN(C)C2)n1. The van der Waals surface area contributed by atoms with Crippen LogP contribution >= 0.6 is 0 Å². The van der Waals surface area contributed by atoms with Crippen LogP contribution in [-0.4, -0.2) is 53.1 Å². The van der Waals surface area contributed by atoms with Gasteiger partial charge in [0.2, 0.25) is 0 Å². The number of hydrogen-bond acceptors (Lipinski definition) is 5. The summed E-state index contributed by atoms with van der Waals surface area (Å²) in [6.07, 6.45) is 2.70. The molecule has 0 aliphatic carbocycles. The van der Waals surface area contributed by atoms with Crippen molar-refractivity contribution >= 4 is 5.97 Å². The van der Waals surface area contributed by atoms with Crippen molar-refractivity contribution in [2.45, 2.75) is 18.4 Å². The van der Waals surface area contributed by atoms with Gasteiger partial charge in [-0.15, -0.1) is 0 Å². The lowest BCUT2D eigenvalue weighted by Gasteiger charge is -2.13. The van der Waals surface area contributed by atoms with Crippen LogP contribution in [0.1, 0.15) is 29.9 Å². The van der Waals surface area contributed by atoms with Gasteiger partial charge in [0.05, 0.1) is 0 Å². The molecule has 0 amide bonds. The Hall–Kier alpha value is -1.53. The molecule has 0 bridgehead atoms. The molecule has 2 atom stereocenters. The third-order valence-electron chi connectivity index (χ3n) is 3.30. The fourth-order valence-corrected chi connectivity index (χ4v) is 2.29. The maximum absolute atomic E-state index is 11.1. The van der Waals surface area contributed by atoms with Crippen LogP contribution in [0.4, 0.5) is 0 Å². The Kier molecular flexibility index (Phi) is 3.88. The molecule has 2 N–H and O–H groups in total. The Bertz CT molecular complexity index is 438. The van der Waals surface area contributed by atoms with Crippen LogP contribution in [0.3, 0.4) is 0 Å². The summed E-state index contributed by atoms with van der Waals surface area (Å²) in [6.45, 7) is 2.02. The number of aromatic nitrogens is 2. The van der Waals surface area contributed by atoms with Gasteiger partial charge in [0.15, 0.2) is 11.9 Å². The molecule has 1 aliphatic rings. The molecular formula is C12H18N4O2. The lowest BCUT2D eigenvalue weighted by molar-refractivity contribution is -0.139. The Morgan fingerprint density at radius 1 is 1.67 bits per heavy atom. The third-order valence-corrected chi connectivity index (χ3v) is 3.30. The highest BCUT2D eigenvalue weighted by Gasteiger charge is 2.25. The summed E-state index contributed by atoms with van der Waals surface area (Å²) in [4.78, 5) is 21.8. The summed E-state index contributed by atoms with van der Waals surface area (Å²) in [6, 6.07) is 1.03. The minimum absolute atomic E-state index is 0.331. The molecular weight excluding hydrogens is 232 g/mol. The van der Waals surface area contributed by atoms with Gasteiger partial charge in [-0.05, 0) is 33.1 Å². The molecule has 0 aromatic carbocycles. The maximum Gasteiger partial charge on any atom is 0.328 e. The fraction of sp³-hybridized carbons (Fsp3) is 0.583. The summed E-state index contributed by atoms with van der Waals surface area (Å²) in [5.41, 5.74) is 0.936. The van der Waals surface area contributed by atoms with Crippen LogP contribution in [0.2, 0.25) is 0 Å². The molecule has 1 aromatic rings. The number of likely N-dealkylation sites (N-methyl/N-ethyl adjacent to an activating group) is 2. The van der Waals surface area contributed by atoms with Gasteiger partial charge in [0, 0.05) is 24.4 Å². The highest BCUT2D eigenvalue weighted by Crippen LogP contribution is 2.24. The van der Waals surface area contributed by atoms with E-state index in [1.165, 1.54) is 0 Å². The van der Waals surface area contributed by atoms with Crippen molar-refractivity contribution in [2.75, 3.05) is 27.2 Å². The molecule has 1 aromatic heterocycles. The van der Waals surface area contributed by atoms with Crippen LogP contribution in [0, 0.1) is 0 Å². The van der Waals surface area contributed by atoms with Crippen LogP contribution in [0.25, 0.3) is 0 Å². The van der Waals surface area contributed by atoms with Gasteiger partial charge in [-0.2, -0.15) is 0 Å². The molecule has 1 aliphatic heterocycles. The number of likely N-dealkylation sites (tertiary alicyclic amines) is 1. The van der Waals surface area contributed by atoms with E-state index in [1.807, 2.05) is 6.07 Å². The monoisotopic (exact) mass is 250 g/mol. The molecule has 2 rings (SSSR count). The van der Waals surface area contributed by atoms with Crippen LogP contribution in [-0.2, 0) is 4.79 Å². The normalized spacial score (nSPS) is 22.0. The second kappa shape index (κ2) is 5.41. The van der Waals surface area contributed by atoms with Gasteiger partial charge in [-0.1, -0.05) is 0 Å². The smallest absolute Gasteiger partial charge is 0.328 e. The van der Waals surface area contributed by atoms with Gasteiger partial charge >= 0.3 is 5.97 Å². The van der Waals surface area contributed by atoms with Gasteiger partial charge < -0.3 is 15.3 Å². The Morgan fingerprint density at radius 3 is 3.00 bits per heavy atom. The summed E-state index contributed by atoms with van der Waals surface area (Å²) < 4.78 is 0. The summed E-state index contributed by atoms with van der Waals surface area (Å²) in [5.74, 6) is -0.252. The highest BCUT2D eigenvalue weighted by molar-refractivity contribution is 5.74. The molecule has 6 nitrogen and oxygen atoms in total. The van der Waals surface area contributed by atoms with E-state index in [1.54, 1.807) is 13.2 Å². The Morgan fingerprint density at radius 2 is 2.44 bits per heavy atom. The molecule has 2 heterocycles. The molecule has 0 spiro atoms. The standard InChI is InChI=1S/C12H18N4O2/c1-13-10(12(17)18)11-14-5-3-9(15-11)8-4-6-16(2)7-8/h3,5,8,10,13H,4,6-7H2,1-2H3,(H,17,18). The van der Waals surface area contributed by atoms with E-state index in [4.69, 9.17) is 5.11 Å². The van der Waals surface area contributed by atoms with E-state index in [2.05, 4.69) is 27.2 Å². The van der Waals surface area contributed by atoms with Crippen LogP contribution in [0.5, 0.6) is 0 Å². The molecule has 0 radical (unpaired) electrons. The second-order valence-corrected chi connectivity index (χ2v) is 4.65. The van der Waals surface area contributed by atoms with Crippen LogP contribution < -0.4 is 5.32 Å². The van der Waals surface area contributed by atoms with Gasteiger partial charge in [-0.3, -0.25) is 4.79 Å². The van der Waals surface area contributed by atoms with Gasteiger partial charge in [-0.25, -0.2) is 9.97 Å². The second-order valence-electron chi connectivity index (χ2n) is 4.65. The predicted octanol–water partition coefficient (Wildman–Crippen LogP) is 0.241. The van der Waals surface area contributed by atoms with E-state index >= 15 is 0 Å². The first-order chi connectivity index (χ1) is 8.61. The Labute approximate surface area is 106 Å². The number of carboxylic acids is 1. The summed E-state index contributed by atoms with van der Waals surface area (Å²) in [7, 11) is 3.67. The molecule has 0 saturated carbocycles. The topological polar surface area (TPSA) is 78.3 Å². The van der Waals surface area contributed by atoms with Crippen molar-refractivity contribution in [1.29, 1.82) is 0 Å². The van der Waals surface area contributed by atoms with Crippen LogP contribution in [0.15, 0.2) is 12.3 Å². The third kappa shape index (κ3) is 2.65. The molecule has 2 unspecified atom stereocenters. The van der Waals surface area contributed by atoms with Gasteiger partial charge in [0.25, 0.3) is 0 Å². The fourth-order valence-electron chi connectivity index (χ4n) is 2.29. The molecule has 98 valence electrons. The lowest BCUT2D eigenvalue weighted by atomic mass is 10.0. The van der Waals surface area contributed by atoms with Gasteiger partial charge in [0.1, 0.15) is 0 Å². The van der Waals surface area contributed by atoms with Crippen molar-refractivity contribution in [3.63, 3.8) is 0 Å². The minimum atomic E-state index is -0.960. The average molecular weight is 250 g/mol. The van der Waals surface area contributed by atoms with E-state index in [-0.39, 0.29) is 0 Å². The predicted molar refractivity (Wildman–Crippen MR) is 66.3 cm³/mol. The number of carboxylic acid groups (broad SMARTS) is 1. The molecule has 1 fully saturated rings. The maximum atomic E-state index is 11.1. The van der Waals surface area contributed by atoms with E-state index < -0.39 is 12.0 Å². The summed E-state index contributed by atoms with van der Waals surface area (Å²) in [5, 5.41) is 11.8. The van der Waals surface area contributed by atoms with Crippen molar-refractivity contribution in [3.05, 3.63) is 23.8 Å². The molecule has 18 heavy (non-hydrogen) atoms. The number of nitrogens with one attached hydrogen (secondary N) is 1. The first kappa shape index (κ1) is 12.9. The zero-order chi connectivity index (χ0) is 13.1. The largest absolute Gasteiger partial charge is 0.480 e. The highest BCUT2D eigenvalue weighted by atomic mass is 16.4. The Balaban J connectivity index is 2.21. The number of nitrogens with zero attached hydrogens (tertiary/aromatic N) is 3. The van der Waals surface area contributed by atoms with Crippen molar-refractivity contribution in [3.8, 4) is 0 Å². The zero-order valence-corrected chi connectivity index (χ0v) is 10.6. The number of hydrogen-bond donors (Lipinski definition) is 2. The quantitative estimate of drug-likeness (QED) is 0.797. The van der Waals surface area contributed by atoms with Crippen molar-refractivity contribution in [2.24, 2.45) is 0 Å². The number of carbonyl (C=O) groups is 1. The van der Waals surface area contributed by atoms with E-state index in [0.717, 1.165) is 25.2 Å². The molecule has 6 heteroatoms. The number of aliphatic carboxylic acids is 1.